The molecular weight excluding hydrogens is 378 g/mol. The molecule has 25 heavy (non-hydrogen) atoms. The zero-order chi connectivity index (χ0) is 17.2. The van der Waals surface area contributed by atoms with Gasteiger partial charge in [-0.2, -0.15) is 0 Å². The van der Waals surface area contributed by atoms with Crippen molar-refractivity contribution in [3.8, 4) is 17.1 Å². The van der Waals surface area contributed by atoms with E-state index in [0.29, 0.717) is 5.69 Å². The van der Waals surface area contributed by atoms with Gasteiger partial charge in [0.2, 0.25) is 0 Å². The van der Waals surface area contributed by atoms with E-state index in [2.05, 4.69) is 15.9 Å². The Morgan fingerprint density at radius 1 is 0.840 bits per heavy atom. The van der Waals surface area contributed by atoms with E-state index >= 15 is 0 Å². The Bertz CT molecular complexity index is 1120. The van der Waals surface area contributed by atoms with Crippen LogP contribution in [0, 0.1) is 0 Å². The van der Waals surface area contributed by atoms with Gasteiger partial charge in [0.1, 0.15) is 17.1 Å². The highest BCUT2D eigenvalue weighted by Crippen LogP contribution is 2.25. The zero-order valence-corrected chi connectivity index (χ0v) is 14.8. The fraction of sp³-hybridized carbons (Fsp3) is 0. The van der Waals surface area contributed by atoms with Crippen molar-refractivity contribution in [1.82, 2.24) is 0 Å². The van der Waals surface area contributed by atoms with Gasteiger partial charge in [-0.25, -0.2) is 4.99 Å². The predicted octanol–water partition coefficient (Wildman–Crippen LogP) is 5.80. The second-order valence-electron chi connectivity index (χ2n) is 5.63. The predicted molar refractivity (Wildman–Crippen MR) is 103 cm³/mol. The highest BCUT2D eigenvalue weighted by molar-refractivity contribution is 9.10. The Hall–Kier alpha value is -2.85. The third kappa shape index (κ3) is 3.35. The van der Waals surface area contributed by atoms with E-state index in [1.807, 2.05) is 60.7 Å². The first kappa shape index (κ1) is 15.7. The zero-order valence-electron chi connectivity index (χ0n) is 13.2. The van der Waals surface area contributed by atoms with Crippen molar-refractivity contribution >= 4 is 32.6 Å². The van der Waals surface area contributed by atoms with Crippen LogP contribution in [-0.4, -0.2) is 5.11 Å². The van der Waals surface area contributed by atoms with Crippen LogP contribution in [-0.2, 0) is 0 Å². The maximum Gasteiger partial charge on any atom is 0.136 e. The summed E-state index contributed by atoms with van der Waals surface area (Å²) in [6.07, 6.45) is 0. The van der Waals surface area contributed by atoms with Crippen molar-refractivity contribution < 1.29 is 9.52 Å². The van der Waals surface area contributed by atoms with Gasteiger partial charge in [0.15, 0.2) is 0 Å². The number of rotatable bonds is 2. The number of nitrogens with zero attached hydrogens (tertiary/aromatic N) is 1. The number of hydrogen-bond donors (Lipinski definition) is 1. The van der Waals surface area contributed by atoms with Gasteiger partial charge in [0.05, 0.1) is 11.0 Å². The summed E-state index contributed by atoms with van der Waals surface area (Å²) in [6.45, 7) is 0. The topological polar surface area (TPSA) is 45.7 Å². The summed E-state index contributed by atoms with van der Waals surface area (Å²) in [6, 6.07) is 24.6. The summed E-state index contributed by atoms with van der Waals surface area (Å²) >= 11 is 3.50. The van der Waals surface area contributed by atoms with E-state index in [-0.39, 0.29) is 5.75 Å². The van der Waals surface area contributed by atoms with Crippen LogP contribution >= 0.6 is 15.9 Å². The summed E-state index contributed by atoms with van der Waals surface area (Å²) in [7, 11) is 0. The first-order valence-corrected chi connectivity index (χ1v) is 8.61. The molecule has 0 aliphatic carbocycles. The largest absolute Gasteiger partial charge is 0.508 e. The molecule has 0 radical (unpaired) electrons. The van der Waals surface area contributed by atoms with Crippen molar-refractivity contribution in [2.75, 3.05) is 0 Å². The molecule has 0 bridgehead atoms. The Balaban J connectivity index is 2.02. The number of halogens is 1. The van der Waals surface area contributed by atoms with E-state index in [1.165, 1.54) is 0 Å². The SMILES string of the molecule is Oc1cccc(N=c2cc(-c3ccccc3)oc3ccc(Br)cc23)c1. The molecule has 1 N–H and O–H groups in total. The lowest BCUT2D eigenvalue weighted by Gasteiger charge is -2.05. The minimum atomic E-state index is 0.190. The number of phenols is 1. The first-order chi connectivity index (χ1) is 12.2. The Kier molecular flexibility index (Phi) is 4.12. The molecule has 0 aliphatic heterocycles. The fourth-order valence-electron chi connectivity index (χ4n) is 2.68. The third-order valence-corrected chi connectivity index (χ3v) is 4.34. The first-order valence-electron chi connectivity index (χ1n) is 7.82. The van der Waals surface area contributed by atoms with E-state index in [4.69, 9.17) is 9.41 Å². The van der Waals surface area contributed by atoms with E-state index < -0.39 is 0 Å². The quantitative estimate of drug-likeness (QED) is 0.469. The molecule has 0 spiro atoms. The van der Waals surface area contributed by atoms with Crippen molar-refractivity contribution in [2.24, 2.45) is 4.99 Å². The average molecular weight is 392 g/mol. The summed E-state index contributed by atoms with van der Waals surface area (Å²) < 4.78 is 7.03. The molecule has 0 unspecified atom stereocenters. The van der Waals surface area contributed by atoms with Crippen molar-refractivity contribution in [1.29, 1.82) is 0 Å². The van der Waals surface area contributed by atoms with Crippen LogP contribution in [0.3, 0.4) is 0 Å². The summed E-state index contributed by atoms with van der Waals surface area (Å²) in [5.41, 5.74) is 2.43. The van der Waals surface area contributed by atoms with Gasteiger partial charge >= 0.3 is 0 Å². The molecule has 0 fully saturated rings. The van der Waals surface area contributed by atoms with E-state index in [1.54, 1.807) is 18.2 Å². The molecule has 0 saturated carbocycles. The van der Waals surface area contributed by atoms with E-state index in [0.717, 1.165) is 32.1 Å². The molecule has 0 amide bonds. The maximum atomic E-state index is 9.70. The highest BCUT2D eigenvalue weighted by Gasteiger charge is 2.06. The summed E-state index contributed by atoms with van der Waals surface area (Å²) in [4.78, 5) is 4.72. The second-order valence-corrected chi connectivity index (χ2v) is 6.55. The number of hydrogen-bond acceptors (Lipinski definition) is 3. The van der Waals surface area contributed by atoms with Gasteiger partial charge in [-0.3, -0.25) is 0 Å². The second kappa shape index (κ2) is 6.57. The molecule has 3 aromatic carbocycles. The van der Waals surface area contributed by atoms with Gasteiger partial charge in [-0.15, -0.1) is 0 Å². The molecule has 1 aromatic heterocycles. The van der Waals surface area contributed by atoms with Crippen molar-refractivity contribution in [2.45, 2.75) is 0 Å². The smallest absolute Gasteiger partial charge is 0.136 e. The summed E-state index contributed by atoms with van der Waals surface area (Å²) in [5.74, 6) is 0.935. The van der Waals surface area contributed by atoms with Crippen molar-refractivity contribution in [3.63, 3.8) is 0 Å². The standard InChI is InChI=1S/C21H14BrNO2/c22-15-9-10-20-18(11-15)19(23-16-7-4-8-17(24)12-16)13-21(25-20)14-5-2-1-3-6-14/h1-13,24H. The molecule has 3 nitrogen and oxygen atoms in total. The van der Waals surface area contributed by atoms with Crippen LogP contribution in [0.15, 0.2) is 92.7 Å². The van der Waals surface area contributed by atoms with Crippen LogP contribution in [0.2, 0.25) is 0 Å². The minimum absolute atomic E-state index is 0.190. The van der Waals surface area contributed by atoms with Gasteiger partial charge in [0.25, 0.3) is 0 Å². The summed E-state index contributed by atoms with van der Waals surface area (Å²) in [5, 5.41) is 11.4. The lowest BCUT2D eigenvalue weighted by molar-refractivity contribution is 0.475. The van der Waals surface area contributed by atoms with Crippen LogP contribution in [0.4, 0.5) is 5.69 Å². The number of benzene rings is 3. The molecule has 4 heteroatoms. The average Bonchev–Trinajstić information content (AvgIpc) is 2.63. The van der Waals surface area contributed by atoms with Gasteiger partial charge < -0.3 is 9.52 Å². The van der Waals surface area contributed by atoms with Gasteiger partial charge in [-0.1, -0.05) is 52.3 Å². The molecule has 4 aromatic rings. The Morgan fingerprint density at radius 2 is 1.68 bits per heavy atom. The fourth-order valence-corrected chi connectivity index (χ4v) is 3.04. The van der Waals surface area contributed by atoms with Crippen LogP contribution in [0.25, 0.3) is 22.3 Å². The molecule has 4 rings (SSSR count). The Labute approximate surface area is 153 Å². The number of fused-ring (bicyclic) bond motifs is 1. The molecule has 122 valence electrons. The highest BCUT2D eigenvalue weighted by atomic mass is 79.9. The number of aromatic hydroxyl groups is 1. The lowest BCUT2D eigenvalue weighted by atomic mass is 10.1. The molecule has 1 heterocycles. The lowest BCUT2D eigenvalue weighted by Crippen LogP contribution is -2.03. The van der Waals surface area contributed by atoms with Crippen molar-refractivity contribution in [3.05, 3.63) is 88.7 Å². The normalized spacial score (nSPS) is 11.8. The third-order valence-electron chi connectivity index (χ3n) is 3.84. The van der Waals surface area contributed by atoms with E-state index in [9.17, 15) is 5.11 Å². The van der Waals surface area contributed by atoms with Crippen LogP contribution in [0.1, 0.15) is 0 Å². The Morgan fingerprint density at radius 3 is 2.48 bits per heavy atom. The molecule has 0 aliphatic rings. The molecule has 0 saturated heterocycles. The maximum absolute atomic E-state index is 9.70. The molecular formula is C21H14BrNO2. The molecule has 0 atom stereocenters. The van der Waals surface area contributed by atoms with Gasteiger partial charge in [0, 0.05) is 27.6 Å². The number of phenolic OH excluding ortho intramolecular Hbond substituents is 1. The van der Waals surface area contributed by atoms with Gasteiger partial charge in [-0.05, 0) is 30.3 Å². The van der Waals surface area contributed by atoms with Crippen LogP contribution in [0.5, 0.6) is 5.75 Å². The monoisotopic (exact) mass is 391 g/mol. The minimum Gasteiger partial charge on any atom is -0.508 e. The van der Waals surface area contributed by atoms with Crippen LogP contribution < -0.4 is 5.36 Å².